The fraction of sp³-hybridized carbons (Fsp3) is 0.714. The summed E-state index contributed by atoms with van der Waals surface area (Å²) in [6.45, 7) is 2.65. The number of anilines is 1. The van der Waals surface area contributed by atoms with E-state index in [1.807, 2.05) is 0 Å². The van der Waals surface area contributed by atoms with Crippen molar-refractivity contribution in [1.82, 2.24) is 9.97 Å². The minimum atomic E-state index is 0.269. The Labute approximate surface area is 122 Å². The first-order chi connectivity index (χ1) is 9.38. The molecule has 0 aromatic carbocycles. The van der Waals surface area contributed by atoms with Crippen molar-refractivity contribution in [3.63, 3.8) is 0 Å². The van der Waals surface area contributed by atoms with Crippen molar-refractivity contribution in [3.8, 4) is 0 Å². The van der Waals surface area contributed by atoms with Gasteiger partial charge in [-0.1, -0.05) is 22.4 Å². The minimum absolute atomic E-state index is 0.269. The van der Waals surface area contributed by atoms with Gasteiger partial charge >= 0.3 is 0 Å². The highest BCUT2D eigenvalue weighted by molar-refractivity contribution is 9.09. The van der Waals surface area contributed by atoms with Crippen LogP contribution in [-0.4, -0.2) is 41.1 Å². The summed E-state index contributed by atoms with van der Waals surface area (Å²) in [6.07, 6.45) is 8.07. The zero-order chi connectivity index (χ0) is 13.1. The highest BCUT2D eigenvalue weighted by Gasteiger charge is 2.24. The molecule has 1 fully saturated rings. The molecule has 5 heteroatoms. The summed E-state index contributed by atoms with van der Waals surface area (Å²) in [7, 11) is 0. The van der Waals surface area contributed by atoms with Crippen molar-refractivity contribution in [3.05, 3.63) is 17.6 Å². The molecule has 1 aliphatic heterocycles. The summed E-state index contributed by atoms with van der Waals surface area (Å²) in [5.74, 6) is 1.15. The Kier molecular flexibility index (Phi) is 4.33. The summed E-state index contributed by atoms with van der Waals surface area (Å²) < 4.78 is 5.72. The molecule has 0 saturated carbocycles. The van der Waals surface area contributed by atoms with Gasteiger partial charge in [0.1, 0.15) is 12.1 Å². The molecule has 19 heavy (non-hydrogen) atoms. The van der Waals surface area contributed by atoms with Crippen LogP contribution < -0.4 is 4.90 Å². The lowest BCUT2D eigenvalue weighted by atomic mass is 10.1. The Hall–Kier alpha value is -0.680. The van der Waals surface area contributed by atoms with E-state index in [1.54, 1.807) is 6.33 Å². The first kappa shape index (κ1) is 13.3. The van der Waals surface area contributed by atoms with Crippen LogP contribution in [0, 0.1) is 0 Å². The Balaban J connectivity index is 1.87. The quantitative estimate of drug-likeness (QED) is 0.618. The van der Waals surface area contributed by atoms with Crippen molar-refractivity contribution < 1.29 is 4.74 Å². The van der Waals surface area contributed by atoms with Crippen LogP contribution in [0.2, 0.25) is 0 Å². The zero-order valence-electron chi connectivity index (χ0n) is 11.1. The highest BCUT2D eigenvalue weighted by atomic mass is 79.9. The second kappa shape index (κ2) is 6.18. The predicted octanol–water partition coefficient (Wildman–Crippen LogP) is 2.35. The standard InChI is InChI=1S/C14H20BrN3O/c15-8-11-9-18(6-7-19-11)14-12-4-2-1-3-5-13(12)16-10-17-14/h10-11H,1-9H2. The SMILES string of the molecule is BrCC1CN(c2ncnc3c2CCCCC3)CCO1. The molecule has 1 saturated heterocycles. The molecule has 0 amide bonds. The van der Waals surface area contributed by atoms with Crippen LogP contribution in [0.5, 0.6) is 0 Å². The summed E-state index contributed by atoms with van der Waals surface area (Å²) in [5, 5.41) is 0.886. The molecular weight excluding hydrogens is 306 g/mol. The second-order valence-electron chi connectivity index (χ2n) is 5.28. The summed E-state index contributed by atoms with van der Waals surface area (Å²) in [4.78, 5) is 11.4. The van der Waals surface area contributed by atoms with E-state index >= 15 is 0 Å². The summed E-state index contributed by atoms with van der Waals surface area (Å²) >= 11 is 3.51. The lowest BCUT2D eigenvalue weighted by molar-refractivity contribution is 0.0567. The number of hydrogen-bond acceptors (Lipinski definition) is 4. The number of halogens is 1. The molecule has 2 aliphatic rings. The van der Waals surface area contributed by atoms with Gasteiger partial charge in [-0.05, 0) is 25.7 Å². The molecule has 104 valence electrons. The first-order valence-corrected chi connectivity index (χ1v) is 8.26. The van der Waals surface area contributed by atoms with Gasteiger partial charge in [-0.15, -0.1) is 0 Å². The Morgan fingerprint density at radius 2 is 2.16 bits per heavy atom. The maximum atomic E-state index is 5.72. The third-order valence-corrected chi connectivity index (χ3v) is 4.68. The number of hydrogen-bond donors (Lipinski definition) is 0. The topological polar surface area (TPSA) is 38.2 Å². The zero-order valence-corrected chi connectivity index (χ0v) is 12.7. The molecule has 4 nitrogen and oxygen atoms in total. The van der Waals surface area contributed by atoms with Crippen LogP contribution in [0.1, 0.15) is 30.5 Å². The van der Waals surface area contributed by atoms with Gasteiger partial charge in [0.25, 0.3) is 0 Å². The molecule has 1 atom stereocenters. The molecule has 0 bridgehead atoms. The first-order valence-electron chi connectivity index (χ1n) is 7.13. The van der Waals surface area contributed by atoms with Crippen LogP contribution in [0.4, 0.5) is 5.82 Å². The highest BCUT2D eigenvalue weighted by Crippen LogP contribution is 2.27. The fourth-order valence-electron chi connectivity index (χ4n) is 2.96. The number of morpholine rings is 1. The van der Waals surface area contributed by atoms with E-state index in [0.717, 1.165) is 43.7 Å². The molecule has 1 aromatic rings. The molecule has 1 aromatic heterocycles. The number of fused-ring (bicyclic) bond motifs is 1. The molecule has 0 radical (unpaired) electrons. The third-order valence-electron chi connectivity index (χ3n) is 3.96. The van der Waals surface area contributed by atoms with Gasteiger partial charge in [0.05, 0.1) is 12.7 Å². The van der Waals surface area contributed by atoms with Gasteiger partial charge in [-0.2, -0.15) is 0 Å². The van der Waals surface area contributed by atoms with Crippen molar-refractivity contribution >= 4 is 21.7 Å². The van der Waals surface area contributed by atoms with Gasteiger partial charge in [0, 0.05) is 29.7 Å². The lowest BCUT2D eigenvalue weighted by Gasteiger charge is -2.34. The van der Waals surface area contributed by atoms with Gasteiger partial charge < -0.3 is 9.64 Å². The number of aryl methyl sites for hydroxylation is 1. The van der Waals surface area contributed by atoms with Crippen LogP contribution in [0.15, 0.2) is 6.33 Å². The van der Waals surface area contributed by atoms with Crippen molar-refractivity contribution in [2.75, 3.05) is 29.9 Å². The van der Waals surface area contributed by atoms with E-state index in [0.29, 0.717) is 0 Å². The van der Waals surface area contributed by atoms with Crippen LogP contribution in [-0.2, 0) is 17.6 Å². The maximum Gasteiger partial charge on any atom is 0.135 e. The van der Waals surface area contributed by atoms with Crippen LogP contribution >= 0.6 is 15.9 Å². The molecule has 3 rings (SSSR count). The predicted molar refractivity (Wildman–Crippen MR) is 79.0 cm³/mol. The van der Waals surface area contributed by atoms with E-state index in [2.05, 4.69) is 30.8 Å². The van der Waals surface area contributed by atoms with E-state index < -0.39 is 0 Å². The van der Waals surface area contributed by atoms with E-state index in [-0.39, 0.29) is 6.10 Å². The largest absolute Gasteiger partial charge is 0.374 e. The van der Waals surface area contributed by atoms with Gasteiger partial charge in [0.2, 0.25) is 0 Å². The normalized spacial score (nSPS) is 23.8. The molecular formula is C14H20BrN3O. The Bertz CT molecular complexity index is 441. The Morgan fingerprint density at radius 1 is 1.26 bits per heavy atom. The molecule has 1 aliphatic carbocycles. The van der Waals surface area contributed by atoms with Gasteiger partial charge in [-0.3, -0.25) is 0 Å². The number of rotatable bonds is 2. The van der Waals surface area contributed by atoms with E-state index in [9.17, 15) is 0 Å². The summed E-state index contributed by atoms with van der Waals surface area (Å²) in [5.41, 5.74) is 2.65. The Morgan fingerprint density at radius 3 is 3.05 bits per heavy atom. The van der Waals surface area contributed by atoms with E-state index in [4.69, 9.17) is 4.74 Å². The maximum absolute atomic E-state index is 5.72. The fourth-order valence-corrected chi connectivity index (χ4v) is 3.35. The smallest absolute Gasteiger partial charge is 0.135 e. The van der Waals surface area contributed by atoms with Crippen LogP contribution in [0.25, 0.3) is 0 Å². The van der Waals surface area contributed by atoms with Crippen molar-refractivity contribution in [1.29, 1.82) is 0 Å². The van der Waals surface area contributed by atoms with Crippen molar-refractivity contribution in [2.24, 2.45) is 0 Å². The number of nitrogens with zero attached hydrogens (tertiary/aromatic N) is 3. The summed E-state index contributed by atoms with van der Waals surface area (Å²) in [6, 6.07) is 0. The van der Waals surface area contributed by atoms with E-state index in [1.165, 1.54) is 30.5 Å². The number of alkyl halides is 1. The third kappa shape index (κ3) is 2.92. The average Bonchev–Trinajstić information content (AvgIpc) is 2.72. The van der Waals surface area contributed by atoms with Gasteiger partial charge in [-0.25, -0.2) is 9.97 Å². The molecule has 0 spiro atoms. The number of ether oxygens (including phenoxy) is 1. The molecule has 1 unspecified atom stereocenters. The molecule has 0 N–H and O–H groups in total. The minimum Gasteiger partial charge on any atom is -0.374 e. The molecule has 2 heterocycles. The van der Waals surface area contributed by atoms with Crippen molar-refractivity contribution in [2.45, 2.75) is 38.2 Å². The average molecular weight is 326 g/mol. The van der Waals surface area contributed by atoms with Gasteiger partial charge in [0.15, 0.2) is 0 Å². The lowest BCUT2D eigenvalue weighted by Crippen LogP contribution is -2.44. The monoisotopic (exact) mass is 325 g/mol. The van der Waals surface area contributed by atoms with Crippen LogP contribution in [0.3, 0.4) is 0 Å². The number of aromatic nitrogens is 2. The second-order valence-corrected chi connectivity index (χ2v) is 5.92.